The number of ether oxygens (including phenoxy) is 1. The lowest BCUT2D eigenvalue weighted by Gasteiger charge is -2.11. The van der Waals surface area contributed by atoms with Gasteiger partial charge in [0.25, 0.3) is 5.22 Å². The van der Waals surface area contributed by atoms with E-state index in [0.717, 1.165) is 0 Å². The number of rotatable bonds is 4. The molecule has 2 heterocycles. The molecule has 27 heavy (non-hydrogen) atoms. The van der Waals surface area contributed by atoms with Crippen molar-refractivity contribution in [1.82, 2.24) is 19.7 Å². The van der Waals surface area contributed by atoms with E-state index in [1.165, 1.54) is 36.3 Å². The van der Waals surface area contributed by atoms with Crippen molar-refractivity contribution < 1.29 is 22.3 Å². The first-order valence-corrected chi connectivity index (χ1v) is 8.86. The summed E-state index contributed by atoms with van der Waals surface area (Å²) in [6, 6.07) is 11.0. The molecule has 2 aromatic carbocycles. The van der Waals surface area contributed by atoms with Gasteiger partial charge in [-0.05, 0) is 36.6 Å². The van der Waals surface area contributed by atoms with Gasteiger partial charge < -0.3 is 9.15 Å². The number of thioether (sulfide) groups is 1. The molecule has 10 heteroatoms. The van der Waals surface area contributed by atoms with Crippen molar-refractivity contribution in [1.29, 1.82) is 0 Å². The second kappa shape index (κ2) is 6.62. The number of fused-ring (bicyclic) bond motifs is 1. The van der Waals surface area contributed by atoms with Gasteiger partial charge in [-0.25, -0.2) is 4.98 Å². The molecule has 2 aromatic heterocycles. The Morgan fingerprint density at radius 2 is 1.96 bits per heavy atom. The number of imidazole rings is 1. The highest BCUT2D eigenvalue weighted by Gasteiger charge is 2.31. The summed E-state index contributed by atoms with van der Waals surface area (Å²) in [4.78, 5) is 4.28. The van der Waals surface area contributed by atoms with Gasteiger partial charge in [-0.2, -0.15) is 0 Å². The molecule has 0 atom stereocenters. The topological polar surface area (TPSA) is 66.0 Å². The minimum atomic E-state index is -4.75. The largest absolute Gasteiger partial charge is 0.573 e. The van der Waals surface area contributed by atoms with E-state index in [1.54, 1.807) is 28.8 Å². The van der Waals surface area contributed by atoms with Crippen LogP contribution >= 0.6 is 11.8 Å². The lowest BCUT2D eigenvalue weighted by atomic mass is 10.2. The summed E-state index contributed by atoms with van der Waals surface area (Å²) in [5.41, 5.74) is 2.51. The predicted molar refractivity (Wildman–Crippen MR) is 92.8 cm³/mol. The average molecular weight is 392 g/mol. The third kappa shape index (κ3) is 3.61. The zero-order chi connectivity index (χ0) is 19.0. The fourth-order valence-corrected chi connectivity index (χ4v) is 2.87. The van der Waals surface area contributed by atoms with Gasteiger partial charge in [-0.15, -0.1) is 23.4 Å². The van der Waals surface area contributed by atoms with Crippen LogP contribution in [0, 0.1) is 0 Å². The third-order valence-electron chi connectivity index (χ3n) is 3.70. The summed E-state index contributed by atoms with van der Waals surface area (Å²) >= 11 is 1.33. The van der Waals surface area contributed by atoms with Crippen molar-refractivity contribution in [2.24, 2.45) is 0 Å². The first-order chi connectivity index (χ1) is 12.9. The lowest BCUT2D eigenvalue weighted by Crippen LogP contribution is -2.17. The van der Waals surface area contributed by atoms with Crippen LogP contribution in [0.5, 0.6) is 5.75 Å². The molecule has 0 radical (unpaired) electrons. The van der Waals surface area contributed by atoms with Gasteiger partial charge in [0.15, 0.2) is 0 Å². The van der Waals surface area contributed by atoms with Crippen molar-refractivity contribution in [3.63, 3.8) is 0 Å². The maximum Gasteiger partial charge on any atom is 0.573 e. The minimum Gasteiger partial charge on any atom is -0.411 e. The molecule has 0 fully saturated rings. The number of hydrogen-bond acceptors (Lipinski definition) is 6. The van der Waals surface area contributed by atoms with Crippen LogP contribution in [-0.2, 0) is 0 Å². The molecule has 0 aliphatic carbocycles. The maximum absolute atomic E-state index is 12.5. The molecule has 4 aromatic rings. The van der Waals surface area contributed by atoms with E-state index >= 15 is 0 Å². The summed E-state index contributed by atoms with van der Waals surface area (Å²) in [6.45, 7) is 0. The number of nitrogens with zero attached hydrogens (tertiary/aromatic N) is 4. The highest BCUT2D eigenvalue weighted by molar-refractivity contribution is 7.98. The fourth-order valence-electron chi connectivity index (χ4n) is 2.59. The smallest absolute Gasteiger partial charge is 0.411 e. The van der Waals surface area contributed by atoms with Crippen LogP contribution in [0.3, 0.4) is 0 Å². The monoisotopic (exact) mass is 392 g/mol. The van der Waals surface area contributed by atoms with Crippen molar-refractivity contribution in [2.75, 3.05) is 6.26 Å². The SMILES string of the molecule is CSc1nnc(-c2ccc3ncn(-c4cccc(OC(F)(F)F)c4)c3c2)o1. The molecule has 4 rings (SSSR count). The Hall–Kier alpha value is -3.01. The number of halogens is 3. The fraction of sp³-hybridized carbons (Fsp3) is 0.118. The second-order valence-electron chi connectivity index (χ2n) is 5.44. The molecular weight excluding hydrogens is 381 g/mol. The molecule has 138 valence electrons. The van der Waals surface area contributed by atoms with Crippen molar-refractivity contribution in [2.45, 2.75) is 11.6 Å². The molecule has 0 bridgehead atoms. The standard InChI is InChI=1S/C17H11F3N4O2S/c1-27-16-23-22-15(25-16)10-5-6-13-14(7-10)24(9-21-13)11-3-2-4-12(8-11)26-17(18,19)20/h2-9H,1H3. The van der Waals surface area contributed by atoms with E-state index in [4.69, 9.17) is 4.42 Å². The molecule has 0 aliphatic heterocycles. The molecule has 0 N–H and O–H groups in total. The van der Waals surface area contributed by atoms with Gasteiger partial charge in [0.1, 0.15) is 12.1 Å². The van der Waals surface area contributed by atoms with E-state index in [-0.39, 0.29) is 5.75 Å². The zero-order valence-corrected chi connectivity index (χ0v) is 14.6. The summed E-state index contributed by atoms with van der Waals surface area (Å²) < 4.78 is 48.6. The highest BCUT2D eigenvalue weighted by Crippen LogP contribution is 2.29. The van der Waals surface area contributed by atoms with Gasteiger partial charge >= 0.3 is 6.36 Å². The van der Waals surface area contributed by atoms with Gasteiger partial charge in [-0.3, -0.25) is 4.57 Å². The zero-order valence-electron chi connectivity index (χ0n) is 13.8. The molecule has 0 amide bonds. The van der Waals surface area contributed by atoms with E-state index < -0.39 is 6.36 Å². The van der Waals surface area contributed by atoms with E-state index in [9.17, 15) is 13.2 Å². The van der Waals surface area contributed by atoms with Crippen LogP contribution in [0.25, 0.3) is 28.2 Å². The molecule has 0 unspecified atom stereocenters. The van der Waals surface area contributed by atoms with Gasteiger partial charge in [0.05, 0.1) is 16.7 Å². The molecule has 6 nitrogen and oxygen atoms in total. The van der Waals surface area contributed by atoms with E-state index in [1.807, 2.05) is 6.26 Å². The van der Waals surface area contributed by atoms with E-state index in [0.29, 0.717) is 33.4 Å². The van der Waals surface area contributed by atoms with Crippen molar-refractivity contribution in [3.8, 4) is 22.9 Å². The molecular formula is C17H11F3N4O2S. The van der Waals surface area contributed by atoms with E-state index in [2.05, 4.69) is 19.9 Å². The number of aromatic nitrogens is 4. The summed E-state index contributed by atoms with van der Waals surface area (Å²) in [6.07, 6.45) is -1.40. The molecule has 0 aliphatic rings. The Labute approximate surface area is 155 Å². The molecule has 0 saturated carbocycles. The second-order valence-corrected chi connectivity index (χ2v) is 6.20. The van der Waals surface area contributed by atoms with Crippen LogP contribution in [0.1, 0.15) is 0 Å². The minimum absolute atomic E-state index is 0.306. The van der Waals surface area contributed by atoms with Crippen LogP contribution in [0.15, 0.2) is 58.4 Å². The maximum atomic E-state index is 12.5. The Morgan fingerprint density at radius 1 is 1.11 bits per heavy atom. The summed E-state index contributed by atoms with van der Waals surface area (Å²) in [5, 5.41) is 8.34. The Balaban J connectivity index is 1.76. The highest BCUT2D eigenvalue weighted by atomic mass is 32.2. The normalized spacial score (nSPS) is 11.9. The van der Waals surface area contributed by atoms with Gasteiger partial charge in [0.2, 0.25) is 5.89 Å². The van der Waals surface area contributed by atoms with Crippen molar-refractivity contribution >= 4 is 22.8 Å². The Kier molecular flexibility index (Phi) is 4.27. The first kappa shape index (κ1) is 17.4. The number of benzene rings is 2. The Morgan fingerprint density at radius 3 is 2.70 bits per heavy atom. The number of hydrogen-bond donors (Lipinski definition) is 0. The van der Waals surface area contributed by atoms with Crippen LogP contribution in [0.2, 0.25) is 0 Å². The first-order valence-electron chi connectivity index (χ1n) is 7.64. The van der Waals surface area contributed by atoms with Gasteiger partial charge in [-0.1, -0.05) is 17.8 Å². The summed E-state index contributed by atoms with van der Waals surface area (Å²) in [5.74, 6) is 0.0441. The van der Waals surface area contributed by atoms with Crippen LogP contribution < -0.4 is 4.74 Å². The Bertz CT molecular complexity index is 1110. The predicted octanol–water partition coefficient (Wildman–Crippen LogP) is 4.70. The molecule has 0 spiro atoms. The quantitative estimate of drug-likeness (QED) is 0.469. The van der Waals surface area contributed by atoms with Crippen LogP contribution in [0.4, 0.5) is 13.2 Å². The third-order valence-corrected chi connectivity index (χ3v) is 4.22. The lowest BCUT2D eigenvalue weighted by molar-refractivity contribution is -0.274. The molecule has 0 saturated heterocycles. The summed E-state index contributed by atoms with van der Waals surface area (Å²) in [7, 11) is 0. The number of alkyl halides is 3. The van der Waals surface area contributed by atoms with Crippen molar-refractivity contribution in [3.05, 3.63) is 48.8 Å². The average Bonchev–Trinajstić information content (AvgIpc) is 3.27. The van der Waals surface area contributed by atoms with Crippen LogP contribution in [-0.4, -0.2) is 32.4 Å². The van der Waals surface area contributed by atoms with Gasteiger partial charge in [0, 0.05) is 11.6 Å².